The van der Waals surface area contributed by atoms with Crippen LogP contribution in [0.2, 0.25) is 0 Å². The summed E-state index contributed by atoms with van der Waals surface area (Å²) in [5.41, 5.74) is 6.37. The van der Waals surface area contributed by atoms with Crippen molar-refractivity contribution in [1.82, 2.24) is 16.0 Å². The highest BCUT2D eigenvalue weighted by Crippen LogP contribution is 2.31. The fourth-order valence-corrected chi connectivity index (χ4v) is 3.29. The van der Waals surface area contributed by atoms with Crippen LogP contribution in [-0.4, -0.2) is 37.0 Å². The van der Waals surface area contributed by atoms with Crippen LogP contribution in [0, 0.1) is 0 Å². The van der Waals surface area contributed by atoms with Gasteiger partial charge in [0, 0.05) is 18.1 Å². The lowest BCUT2D eigenvalue weighted by atomic mass is 9.94. The van der Waals surface area contributed by atoms with Gasteiger partial charge in [-0.25, -0.2) is 0 Å². The average molecular weight is 332 g/mol. The van der Waals surface area contributed by atoms with Gasteiger partial charge in [0.2, 0.25) is 11.8 Å². The Hall–Kier alpha value is -1.92. The zero-order valence-electron chi connectivity index (χ0n) is 14.3. The van der Waals surface area contributed by atoms with Gasteiger partial charge in [-0.15, -0.1) is 0 Å². The lowest BCUT2D eigenvalue weighted by Gasteiger charge is -2.34. The first-order valence-electron chi connectivity index (χ1n) is 8.61. The van der Waals surface area contributed by atoms with Crippen LogP contribution in [0.1, 0.15) is 44.2 Å². The molecule has 1 aliphatic rings. The van der Waals surface area contributed by atoms with E-state index in [1.165, 1.54) is 5.56 Å². The average Bonchev–Trinajstić information content (AvgIpc) is 3.07. The summed E-state index contributed by atoms with van der Waals surface area (Å²) in [6.45, 7) is 2.59. The molecule has 2 rings (SSSR count). The van der Waals surface area contributed by atoms with Crippen molar-refractivity contribution in [2.45, 2.75) is 44.2 Å². The van der Waals surface area contributed by atoms with E-state index in [1.54, 1.807) is 0 Å². The molecular weight excluding hydrogens is 304 g/mol. The second-order valence-electron chi connectivity index (χ2n) is 6.52. The summed E-state index contributed by atoms with van der Waals surface area (Å²) in [4.78, 5) is 23.0. The Morgan fingerprint density at radius 2 is 1.79 bits per heavy atom. The molecule has 0 aliphatic heterocycles. The van der Waals surface area contributed by atoms with E-state index < -0.39 is 0 Å². The van der Waals surface area contributed by atoms with E-state index in [-0.39, 0.29) is 36.5 Å². The zero-order valence-corrected chi connectivity index (χ0v) is 14.3. The molecule has 0 aromatic heterocycles. The van der Waals surface area contributed by atoms with Crippen molar-refractivity contribution in [3.8, 4) is 0 Å². The van der Waals surface area contributed by atoms with E-state index in [2.05, 4.69) is 35.0 Å². The van der Waals surface area contributed by atoms with E-state index in [9.17, 15) is 9.59 Å². The van der Waals surface area contributed by atoms with Crippen molar-refractivity contribution in [3.63, 3.8) is 0 Å². The third-order valence-corrected chi connectivity index (χ3v) is 4.64. The molecule has 0 saturated heterocycles. The van der Waals surface area contributed by atoms with Crippen molar-refractivity contribution in [1.29, 1.82) is 0 Å². The lowest BCUT2D eigenvalue weighted by Crippen LogP contribution is -2.53. The summed E-state index contributed by atoms with van der Waals surface area (Å²) in [6, 6.07) is 10.5. The van der Waals surface area contributed by atoms with Crippen LogP contribution >= 0.6 is 0 Å². The first-order valence-corrected chi connectivity index (χ1v) is 8.61. The van der Waals surface area contributed by atoms with Gasteiger partial charge in [0.1, 0.15) is 0 Å². The topological polar surface area (TPSA) is 96.2 Å². The second-order valence-corrected chi connectivity index (χ2v) is 6.52. The van der Waals surface area contributed by atoms with Crippen molar-refractivity contribution in [2.24, 2.45) is 5.73 Å². The minimum atomic E-state index is -0.323. The van der Waals surface area contributed by atoms with Crippen LogP contribution in [0.4, 0.5) is 0 Å². The Morgan fingerprint density at radius 1 is 1.12 bits per heavy atom. The number of nitrogens with one attached hydrogen (secondary N) is 3. The molecule has 0 radical (unpaired) electrons. The van der Waals surface area contributed by atoms with Crippen LogP contribution in [-0.2, 0) is 9.59 Å². The summed E-state index contributed by atoms with van der Waals surface area (Å²) in [7, 11) is 0. The zero-order chi connectivity index (χ0) is 17.4. The molecule has 1 aromatic carbocycles. The second kappa shape index (κ2) is 8.80. The van der Waals surface area contributed by atoms with Crippen molar-refractivity contribution >= 4 is 11.8 Å². The van der Waals surface area contributed by atoms with E-state index in [0.29, 0.717) is 6.54 Å². The Bertz CT molecular complexity index is 541. The van der Waals surface area contributed by atoms with Gasteiger partial charge in [-0.05, 0) is 25.3 Å². The largest absolute Gasteiger partial charge is 0.353 e. The van der Waals surface area contributed by atoms with Crippen LogP contribution in [0.15, 0.2) is 30.3 Å². The Kier molecular flexibility index (Phi) is 6.75. The molecule has 1 fully saturated rings. The van der Waals surface area contributed by atoms with Crippen molar-refractivity contribution in [2.75, 3.05) is 19.6 Å². The molecule has 6 nitrogen and oxygen atoms in total. The molecule has 1 aliphatic carbocycles. The maximum absolute atomic E-state index is 11.9. The van der Waals surface area contributed by atoms with Crippen LogP contribution in [0.25, 0.3) is 0 Å². The number of rotatable bonds is 8. The van der Waals surface area contributed by atoms with Gasteiger partial charge in [-0.3, -0.25) is 9.59 Å². The van der Waals surface area contributed by atoms with Gasteiger partial charge >= 0.3 is 0 Å². The van der Waals surface area contributed by atoms with E-state index >= 15 is 0 Å². The van der Waals surface area contributed by atoms with E-state index in [4.69, 9.17) is 5.73 Å². The predicted octanol–water partition coefficient (Wildman–Crippen LogP) is 0.841. The SMILES string of the molecule is CC(NC1(CNC(=O)CNC(=O)CN)CCCC1)c1ccccc1. The van der Waals surface area contributed by atoms with Crippen LogP contribution in [0.5, 0.6) is 0 Å². The molecule has 132 valence electrons. The standard InChI is InChI=1S/C18H28N4O2/c1-14(15-7-3-2-4-8-15)22-18(9-5-6-10-18)13-21-17(24)12-20-16(23)11-19/h2-4,7-8,14,22H,5-6,9-13,19H2,1H3,(H,20,23)(H,21,24). The molecular formula is C18H28N4O2. The Labute approximate surface area is 143 Å². The van der Waals surface area contributed by atoms with Gasteiger partial charge in [-0.2, -0.15) is 0 Å². The number of nitrogens with two attached hydrogens (primary N) is 1. The summed E-state index contributed by atoms with van der Waals surface area (Å²) in [5.74, 6) is -0.506. The number of benzene rings is 1. The molecule has 6 heteroatoms. The molecule has 24 heavy (non-hydrogen) atoms. The lowest BCUT2D eigenvalue weighted by molar-refractivity contribution is -0.125. The van der Waals surface area contributed by atoms with E-state index in [0.717, 1.165) is 25.7 Å². The molecule has 0 spiro atoms. The summed E-state index contributed by atoms with van der Waals surface area (Å²) in [6.07, 6.45) is 4.40. The minimum absolute atomic E-state index is 0.0274. The van der Waals surface area contributed by atoms with Gasteiger partial charge in [0.05, 0.1) is 13.1 Å². The van der Waals surface area contributed by atoms with Crippen LogP contribution in [0.3, 0.4) is 0 Å². The monoisotopic (exact) mass is 332 g/mol. The van der Waals surface area contributed by atoms with Crippen LogP contribution < -0.4 is 21.7 Å². The maximum atomic E-state index is 11.9. The molecule has 2 amide bonds. The highest BCUT2D eigenvalue weighted by molar-refractivity contribution is 5.85. The van der Waals surface area contributed by atoms with Gasteiger partial charge in [0.25, 0.3) is 0 Å². The molecule has 1 aromatic rings. The number of hydrogen-bond donors (Lipinski definition) is 4. The third kappa shape index (κ3) is 5.32. The number of carbonyl (C=O) groups is 2. The number of amides is 2. The fraction of sp³-hybridized carbons (Fsp3) is 0.556. The molecule has 1 atom stereocenters. The van der Waals surface area contributed by atoms with Crippen molar-refractivity contribution < 1.29 is 9.59 Å². The van der Waals surface area contributed by atoms with Gasteiger partial charge in [-0.1, -0.05) is 43.2 Å². The first-order chi connectivity index (χ1) is 11.5. The third-order valence-electron chi connectivity index (χ3n) is 4.64. The summed E-state index contributed by atoms with van der Waals surface area (Å²) in [5, 5.41) is 9.15. The number of carbonyl (C=O) groups excluding carboxylic acids is 2. The normalized spacial score (nSPS) is 17.2. The molecule has 0 heterocycles. The van der Waals surface area contributed by atoms with Gasteiger partial charge in [0.15, 0.2) is 0 Å². The predicted molar refractivity (Wildman–Crippen MR) is 94.3 cm³/mol. The fourth-order valence-electron chi connectivity index (χ4n) is 3.29. The highest BCUT2D eigenvalue weighted by Gasteiger charge is 2.35. The van der Waals surface area contributed by atoms with Gasteiger partial charge < -0.3 is 21.7 Å². The molecule has 1 unspecified atom stereocenters. The van der Waals surface area contributed by atoms with Crippen molar-refractivity contribution in [3.05, 3.63) is 35.9 Å². The summed E-state index contributed by atoms with van der Waals surface area (Å²) < 4.78 is 0. The minimum Gasteiger partial charge on any atom is -0.353 e. The Morgan fingerprint density at radius 3 is 2.42 bits per heavy atom. The smallest absolute Gasteiger partial charge is 0.239 e. The number of hydrogen-bond acceptors (Lipinski definition) is 4. The summed E-state index contributed by atoms with van der Waals surface area (Å²) >= 11 is 0. The first kappa shape index (κ1) is 18.4. The quantitative estimate of drug-likeness (QED) is 0.567. The Balaban J connectivity index is 1.88. The molecule has 5 N–H and O–H groups in total. The van der Waals surface area contributed by atoms with E-state index in [1.807, 2.05) is 18.2 Å². The highest BCUT2D eigenvalue weighted by atomic mass is 16.2. The molecule has 1 saturated carbocycles. The molecule has 0 bridgehead atoms. The maximum Gasteiger partial charge on any atom is 0.239 e.